The number of hydrogen-bond acceptors (Lipinski definition) is 3. The fourth-order valence-corrected chi connectivity index (χ4v) is 3.73. The highest BCUT2D eigenvalue weighted by molar-refractivity contribution is 5.99. The number of halogens is 1. The zero-order valence-corrected chi connectivity index (χ0v) is 12.8. The van der Waals surface area contributed by atoms with E-state index in [0.717, 1.165) is 18.8 Å². The normalized spacial score (nSPS) is 26.5. The topological polar surface area (TPSA) is 23.6 Å². The van der Waals surface area contributed by atoms with Gasteiger partial charge in [-0.15, -0.1) is 0 Å². The molecule has 2 atom stereocenters. The number of nitrogens with zero attached hydrogens (tertiary/aromatic N) is 2. The lowest BCUT2D eigenvalue weighted by Crippen LogP contribution is -2.59. The van der Waals surface area contributed by atoms with E-state index < -0.39 is 0 Å². The van der Waals surface area contributed by atoms with Crippen molar-refractivity contribution in [3.8, 4) is 0 Å². The molecule has 1 aromatic rings. The molecule has 114 valence electrons. The predicted molar refractivity (Wildman–Crippen MR) is 82.4 cm³/mol. The molecular weight excluding hydrogens is 267 g/mol. The van der Waals surface area contributed by atoms with Gasteiger partial charge in [0.2, 0.25) is 0 Å². The summed E-state index contributed by atoms with van der Waals surface area (Å²) >= 11 is 0. The van der Waals surface area contributed by atoms with E-state index >= 15 is 0 Å². The molecule has 0 spiro atoms. The Morgan fingerprint density at radius 2 is 2.10 bits per heavy atom. The van der Waals surface area contributed by atoms with Gasteiger partial charge in [-0.05, 0) is 51.4 Å². The number of anilines is 1. The predicted octanol–water partition coefficient (Wildman–Crippen LogP) is 3.09. The van der Waals surface area contributed by atoms with Crippen LogP contribution in [0.5, 0.6) is 0 Å². The maximum absolute atomic E-state index is 13.5. The second-order valence-corrected chi connectivity index (χ2v) is 6.36. The number of carbonyl (C=O) groups excluding carboxylic acids is 1. The van der Waals surface area contributed by atoms with E-state index in [1.165, 1.54) is 44.9 Å². The summed E-state index contributed by atoms with van der Waals surface area (Å²) in [6.45, 7) is 6.86. The van der Waals surface area contributed by atoms with Crippen LogP contribution in [-0.4, -0.2) is 42.4 Å². The van der Waals surface area contributed by atoms with Crippen LogP contribution >= 0.6 is 0 Å². The van der Waals surface area contributed by atoms with Gasteiger partial charge in [-0.25, -0.2) is 4.39 Å². The van der Waals surface area contributed by atoms with Gasteiger partial charge in [0.15, 0.2) is 5.78 Å². The molecule has 0 N–H and O–H groups in total. The Hall–Kier alpha value is -1.42. The number of fused-ring (bicyclic) bond motifs is 1. The zero-order valence-electron chi connectivity index (χ0n) is 12.8. The van der Waals surface area contributed by atoms with Crippen molar-refractivity contribution in [3.63, 3.8) is 0 Å². The first-order valence-corrected chi connectivity index (χ1v) is 7.87. The number of carbonyl (C=O) groups is 1. The van der Waals surface area contributed by atoms with Gasteiger partial charge >= 0.3 is 0 Å². The average Bonchev–Trinajstić information content (AvgIpc) is 2.46. The fourth-order valence-electron chi connectivity index (χ4n) is 3.73. The van der Waals surface area contributed by atoms with Gasteiger partial charge in [-0.1, -0.05) is 6.42 Å². The molecular formula is C17H23FN2O. The molecule has 2 unspecified atom stereocenters. The van der Waals surface area contributed by atoms with Crippen molar-refractivity contribution in [2.24, 2.45) is 0 Å². The number of ketones is 1. The van der Waals surface area contributed by atoms with E-state index in [0.29, 0.717) is 17.6 Å². The Morgan fingerprint density at radius 1 is 1.29 bits per heavy atom. The van der Waals surface area contributed by atoms with E-state index in [1.807, 2.05) is 0 Å². The van der Waals surface area contributed by atoms with Crippen LogP contribution in [-0.2, 0) is 0 Å². The molecule has 3 nitrogen and oxygen atoms in total. The first-order valence-electron chi connectivity index (χ1n) is 7.87. The van der Waals surface area contributed by atoms with Crippen molar-refractivity contribution in [2.75, 3.05) is 24.5 Å². The van der Waals surface area contributed by atoms with E-state index in [-0.39, 0.29) is 11.6 Å². The molecule has 2 saturated heterocycles. The molecule has 0 bridgehead atoms. The largest absolute Gasteiger partial charge is 0.365 e. The SMILES string of the molecule is CC(=O)c1cc(F)ccc1N1CC2CCCCN2CC1C. The number of rotatable bonds is 2. The second-order valence-electron chi connectivity index (χ2n) is 6.36. The fraction of sp³-hybridized carbons (Fsp3) is 0.588. The van der Waals surface area contributed by atoms with Crippen LogP contribution in [0.4, 0.5) is 10.1 Å². The third-order valence-electron chi connectivity index (χ3n) is 4.83. The smallest absolute Gasteiger partial charge is 0.161 e. The highest BCUT2D eigenvalue weighted by Gasteiger charge is 2.34. The lowest BCUT2D eigenvalue weighted by atomic mass is 9.95. The summed E-state index contributed by atoms with van der Waals surface area (Å²) in [6.07, 6.45) is 3.80. The van der Waals surface area contributed by atoms with E-state index in [9.17, 15) is 9.18 Å². The number of piperazine rings is 1. The highest BCUT2D eigenvalue weighted by Crippen LogP contribution is 2.30. The van der Waals surface area contributed by atoms with Crippen LogP contribution < -0.4 is 4.90 Å². The number of benzene rings is 1. The van der Waals surface area contributed by atoms with Gasteiger partial charge in [0.1, 0.15) is 5.82 Å². The van der Waals surface area contributed by atoms with Gasteiger partial charge in [-0.2, -0.15) is 0 Å². The minimum atomic E-state index is -0.340. The Kier molecular flexibility index (Phi) is 3.98. The average molecular weight is 290 g/mol. The van der Waals surface area contributed by atoms with Crippen LogP contribution in [0, 0.1) is 5.82 Å². The zero-order chi connectivity index (χ0) is 15.0. The maximum atomic E-state index is 13.5. The van der Waals surface area contributed by atoms with E-state index in [2.05, 4.69) is 16.7 Å². The summed E-state index contributed by atoms with van der Waals surface area (Å²) in [5, 5.41) is 0. The Morgan fingerprint density at radius 3 is 2.86 bits per heavy atom. The Balaban J connectivity index is 1.91. The summed E-state index contributed by atoms with van der Waals surface area (Å²) in [5.74, 6) is -0.407. The van der Waals surface area contributed by atoms with Gasteiger partial charge in [0.25, 0.3) is 0 Å². The number of hydrogen-bond donors (Lipinski definition) is 0. The molecule has 0 saturated carbocycles. The molecule has 0 amide bonds. The van der Waals surface area contributed by atoms with E-state index in [1.54, 1.807) is 6.07 Å². The van der Waals surface area contributed by atoms with Crippen molar-refractivity contribution in [3.05, 3.63) is 29.6 Å². The van der Waals surface area contributed by atoms with Crippen LogP contribution in [0.15, 0.2) is 18.2 Å². The molecule has 2 fully saturated rings. The van der Waals surface area contributed by atoms with Gasteiger partial charge in [0, 0.05) is 36.4 Å². The number of piperidine rings is 1. The molecule has 2 heterocycles. The van der Waals surface area contributed by atoms with Gasteiger partial charge in [-0.3, -0.25) is 9.69 Å². The summed E-state index contributed by atoms with van der Waals surface area (Å²) in [6, 6.07) is 5.52. The molecule has 0 aromatic heterocycles. The van der Waals surface area contributed by atoms with Crippen molar-refractivity contribution in [2.45, 2.75) is 45.2 Å². The lowest BCUT2D eigenvalue weighted by molar-refractivity contribution is 0.101. The van der Waals surface area contributed by atoms with E-state index in [4.69, 9.17) is 0 Å². The minimum Gasteiger partial charge on any atom is -0.365 e. The number of Topliss-reactive ketones (excluding diaryl/α,β-unsaturated/α-hetero) is 1. The van der Waals surface area contributed by atoms with Crippen molar-refractivity contribution in [1.82, 2.24) is 4.90 Å². The highest BCUT2D eigenvalue weighted by atomic mass is 19.1. The third-order valence-corrected chi connectivity index (χ3v) is 4.83. The van der Waals surface area contributed by atoms with Crippen molar-refractivity contribution in [1.29, 1.82) is 0 Å². The Labute approximate surface area is 125 Å². The van der Waals surface area contributed by atoms with Crippen molar-refractivity contribution >= 4 is 11.5 Å². The standard InChI is InChI=1S/C17H23FN2O/c1-12-10-19-8-4-3-5-15(19)11-20(12)17-7-6-14(18)9-16(17)13(2)21/h6-7,9,12,15H,3-5,8,10-11H2,1-2H3. The van der Waals surface area contributed by atoms with Crippen LogP contribution in [0.1, 0.15) is 43.5 Å². The molecule has 21 heavy (non-hydrogen) atoms. The molecule has 1 aromatic carbocycles. The first-order chi connectivity index (χ1) is 10.1. The Bertz CT molecular complexity index is 546. The van der Waals surface area contributed by atoms with Crippen LogP contribution in [0.2, 0.25) is 0 Å². The first kappa shape index (κ1) is 14.5. The lowest BCUT2D eigenvalue weighted by Gasteiger charge is -2.48. The van der Waals surface area contributed by atoms with Gasteiger partial charge < -0.3 is 4.90 Å². The summed E-state index contributed by atoms with van der Waals surface area (Å²) in [5.41, 5.74) is 1.40. The molecule has 2 aliphatic rings. The second kappa shape index (κ2) is 5.76. The monoisotopic (exact) mass is 290 g/mol. The molecule has 4 heteroatoms. The molecule has 2 aliphatic heterocycles. The quantitative estimate of drug-likeness (QED) is 0.782. The summed E-state index contributed by atoms with van der Waals surface area (Å²) in [4.78, 5) is 16.7. The third kappa shape index (κ3) is 2.82. The molecule has 0 radical (unpaired) electrons. The molecule has 3 rings (SSSR count). The molecule has 0 aliphatic carbocycles. The summed E-state index contributed by atoms with van der Waals surface area (Å²) < 4.78 is 13.5. The van der Waals surface area contributed by atoms with Crippen LogP contribution in [0.25, 0.3) is 0 Å². The van der Waals surface area contributed by atoms with Crippen molar-refractivity contribution < 1.29 is 9.18 Å². The van der Waals surface area contributed by atoms with Gasteiger partial charge in [0.05, 0.1) is 0 Å². The summed E-state index contributed by atoms with van der Waals surface area (Å²) in [7, 11) is 0. The van der Waals surface area contributed by atoms with Crippen LogP contribution in [0.3, 0.4) is 0 Å². The minimum absolute atomic E-state index is 0.0669. The maximum Gasteiger partial charge on any atom is 0.161 e.